The van der Waals surface area contributed by atoms with Crippen molar-refractivity contribution in [3.05, 3.63) is 29.3 Å². The van der Waals surface area contributed by atoms with Crippen molar-refractivity contribution < 1.29 is 19.1 Å². The first kappa shape index (κ1) is 18.7. The molecule has 5 nitrogen and oxygen atoms in total. The summed E-state index contributed by atoms with van der Waals surface area (Å²) in [5, 5.41) is 0. The number of fused-ring (bicyclic) bond motifs is 2. The molecule has 2 bridgehead atoms. The summed E-state index contributed by atoms with van der Waals surface area (Å²) < 4.78 is 11.8. The number of hydrogen-bond acceptors (Lipinski definition) is 4. The van der Waals surface area contributed by atoms with Gasteiger partial charge in [-0.1, -0.05) is 12.1 Å². The normalized spacial score (nSPS) is 25.1. The van der Waals surface area contributed by atoms with Crippen LogP contribution in [0, 0.1) is 6.92 Å². The van der Waals surface area contributed by atoms with E-state index < -0.39 is 5.60 Å². The fourth-order valence-electron chi connectivity index (χ4n) is 4.14. The minimum atomic E-state index is -0.478. The number of nitrogens with zero attached hydrogens (tertiary/aromatic N) is 1. The van der Waals surface area contributed by atoms with Crippen LogP contribution in [0.15, 0.2) is 18.2 Å². The van der Waals surface area contributed by atoms with Crippen molar-refractivity contribution in [3.8, 4) is 5.75 Å². The van der Waals surface area contributed by atoms with E-state index in [1.807, 2.05) is 50.8 Å². The molecule has 0 unspecified atom stereocenters. The summed E-state index contributed by atoms with van der Waals surface area (Å²) in [6, 6.07) is 5.96. The Bertz CT molecular complexity index is 692. The molecule has 0 radical (unpaired) electrons. The van der Waals surface area contributed by atoms with Gasteiger partial charge in [-0.2, -0.15) is 0 Å². The van der Waals surface area contributed by atoms with Crippen molar-refractivity contribution in [3.63, 3.8) is 0 Å². The van der Waals surface area contributed by atoms with Crippen LogP contribution in [-0.2, 0) is 4.74 Å². The zero-order valence-corrected chi connectivity index (χ0v) is 16.4. The fourth-order valence-corrected chi connectivity index (χ4v) is 4.14. The van der Waals surface area contributed by atoms with E-state index in [0.717, 1.165) is 37.0 Å². The van der Waals surface area contributed by atoms with Gasteiger partial charge in [0.1, 0.15) is 17.5 Å². The number of carbonyl (C=O) groups is 2. The lowest BCUT2D eigenvalue weighted by Crippen LogP contribution is -2.50. The molecule has 0 aliphatic carbocycles. The van der Waals surface area contributed by atoms with Crippen LogP contribution in [-0.4, -0.2) is 40.6 Å². The lowest BCUT2D eigenvalue weighted by Gasteiger charge is -2.39. The number of benzene rings is 1. The van der Waals surface area contributed by atoms with Gasteiger partial charge in [0, 0.05) is 36.1 Å². The predicted octanol–water partition coefficient (Wildman–Crippen LogP) is 4.51. The lowest BCUT2D eigenvalue weighted by atomic mass is 9.99. The number of hydrogen-bond donors (Lipinski definition) is 0. The molecule has 0 saturated carbocycles. The van der Waals surface area contributed by atoms with Crippen LogP contribution in [0.25, 0.3) is 0 Å². The van der Waals surface area contributed by atoms with E-state index in [1.165, 1.54) is 0 Å². The molecule has 142 valence electrons. The standard InChI is InChI=1S/C21H29NO4/c1-13-18(14(2)23)7-6-8-19(13)25-17-11-15-9-10-16(12-17)22(15)20(24)26-21(3,4)5/h6-8,15-17H,9-12H2,1-5H3/t15-,16+,17+. The third kappa shape index (κ3) is 3.87. The van der Waals surface area contributed by atoms with Crippen LogP contribution in [0.4, 0.5) is 4.79 Å². The van der Waals surface area contributed by atoms with E-state index in [1.54, 1.807) is 6.92 Å². The van der Waals surface area contributed by atoms with Crippen molar-refractivity contribution in [2.75, 3.05) is 0 Å². The second kappa shape index (κ2) is 6.93. The third-order valence-corrected chi connectivity index (χ3v) is 5.25. The third-order valence-electron chi connectivity index (χ3n) is 5.25. The summed E-state index contributed by atoms with van der Waals surface area (Å²) >= 11 is 0. The second-order valence-corrected chi connectivity index (χ2v) is 8.47. The molecule has 0 N–H and O–H groups in total. The Labute approximate surface area is 155 Å². The number of amides is 1. The summed E-state index contributed by atoms with van der Waals surface area (Å²) in [5.41, 5.74) is 1.12. The molecule has 26 heavy (non-hydrogen) atoms. The SMILES string of the molecule is CC(=O)c1cccc(O[C@H]2C[C@H]3CC[C@@H](C2)N3C(=O)OC(C)(C)C)c1C. The highest BCUT2D eigenvalue weighted by Gasteiger charge is 2.45. The molecule has 1 aromatic carbocycles. The summed E-state index contributed by atoms with van der Waals surface area (Å²) in [4.78, 5) is 26.2. The molecule has 1 amide bonds. The van der Waals surface area contributed by atoms with Gasteiger partial charge >= 0.3 is 6.09 Å². The Balaban J connectivity index is 1.69. The van der Waals surface area contributed by atoms with Crippen LogP contribution in [0.3, 0.4) is 0 Å². The molecule has 2 heterocycles. The van der Waals surface area contributed by atoms with Gasteiger partial charge in [0.25, 0.3) is 0 Å². The molecule has 5 heteroatoms. The Kier molecular flexibility index (Phi) is 5.00. The van der Waals surface area contributed by atoms with Crippen LogP contribution in [0.2, 0.25) is 0 Å². The average Bonchev–Trinajstić information content (AvgIpc) is 2.79. The van der Waals surface area contributed by atoms with E-state index in [2.05, 4.69) is 0 Å². The first-order valence-corrected chi connectivity index (χ1v) is 9.44. The molecule has 3 atom stereocenters. The fraction of sp³-hybridized carbons (Fsp3) is 0.619. The highest BCUT2D eigenvalue weighted by Crippen LogP contribution is 2.38. The van der Waals surface area contributed by atoms with Crippen molar-refractivity contribution in [2.45, 2.75) is 84.1 Å². The van der Waals surface area contributed by atoms with Crippen LogP contribution in [0.1, 0.15) is 69.3 Å². The summed E-state index contributed by atoms with van der Waals surface area (Å²) in [6.45, 7) is 9.19. The molecule has 2 aliphatic heterocycles. The zero-order chi connectivity index (χ0) is 19.1. The lowest BCUT2D eigenvalue weighted by molar-refractivity contribution is -0.00719. The largest absolute Gasteiger partial charge is 0.490 e. The van der Waals surface area contributed by atoms with Crippen LogP contribution >= 0.6 is 0 Å². The van der Waals surface area contributed by atoms with Gasteiger partial charge in [-0.25, -0.2) is 4.79 Å². The molecule has 0 spiro atoms. The summed E-state index contributed by atoms with van der Waals surface area (Å²) in [7, 11) is 0. The Morgan fingerprint density at radius 1 is 1.12 bits per heavy atom. The first-order chi connectivity index (χ1) is 12.2. The van der Waals surface area contributed by atoms with Gasteiger partial charge in [-0.05, 0) is 53.5 Å². The average molecular weight is 359 g/mol. The molecule has 3 rings (SSSR count). The molecular formula is C21H29NO4. The maximum Gasteiger partial charge on any atom is 0.410 e. The topological polar surface area (TPSA) is 55.8 Å². The summed E-state index contributed by atoms with van der Waals surface area (Å²) in [5.74, 6) is 0.820. The smallest absolute Gasteiger partial charge is 0.410 e. The quantitative estimate of drug-likeness (QED) is 0.745. The van der Waals surface area contributed by atoms with Gasteiger partial charge in [-0.3, -0.25) is 4.79 Å². The van der Waals surface area contributed by atoms with E-state index in [9.17, 15) is 9.59 Å². The molecular weight excluding hydrogens is 330 g/mol. The van der Waals surface area contributed by atoms with Crippen molar-refractivity contribution in [2.24, 2.45) is 0 Å². The number of ketones is 1. The summed E-state index contributed by atoms with van der Waals surface area (Å²) in [6.07, 6.45) is 3.45. The Morgan fingerprint density at radius 3 is 2.27 bits per heavy atom. The van der Waals surface area contributed by atoms with Gasteiger partial charge < -0.3 is 14.4 Å². The number of ether oxygens (including phenoxy) is 2. The highest BCUT2D eigenvalue weighted by molar-refractivity contribution is 5.96. The molecule has 2 aliphatic rings. The Morgan fingerprint density at radius 2 is 1.73 bits per heavy atom. The van der Waals surface area contributed by atoms with Crippen LogP contribution < -0.4 is 4.74 Å². The number of Topliss-reactive ketones (excluding diaryl/α,β-unsaturated/α-hetero) is 1. The second-order valence-electron chi connectivity index (χ2n) is 8.47. The van der Waals surface area contributed by atoms with Gasteiger partial charge in [0.15, 0.2) is 5.78 Å². The van der Waals surface area contributed by atoms with Gasteiger partial charge in [0.05, 0.1) is 0 Å². The van der Waals surface area contributed by atoms with Crippen molar-refractivity contribution in [1.82, 2.24) is 4.90 Å². The zero-order valence-electron chi connectivity index (χ0n) is 16.4. The molecule has 0 aromatic heterocycles. The monoisotopic (exact) mass is 359 g/mol. The Hall–Kier alpha value is -2.04. The number of piperidine rings is 1. The van der Waals surface area contributed by atoms with E-state index >= 15 is 0 Å². The van der Waals surface area contributed by atoms with Gasteiger partial charge in [-0.15, -0.1) is 0 Å². The highest BCUT2D eigenvalue weighted by atomic mass is 16.6. The molecule has 1 aromatic rings. The maximum absolute atomic E-state index is 12.5. The number of carbonyl (C=O) groups excluding carboxylic acids is 2. The molecule has 2 fully saturated rings. The van der Waals surface area contributed by atoms with Crippen molar-refractivity contribution >= 4 is 11.9 Å². The minimum absolute atomic E-state index is 0.0489. The van der Waals surface area contributed by atoms with E-state index in [0.29, 0.717) is 5.56 Å². The predicted molar refractivity (Wildman–Crippen MR) is 99.7 cm³/mol. The minimum Gasteiger partial charge on any atom is -0.490 e. The van der Waals surface area contributed by atoms with Crippen LogP contribution in [0.5, 0.6) is 5.75 Å². The first-order valence-electron chi connectivity index (χ1n) is 9.44. The number of rotatable bonds is 3. The van der Waals surface area contributed by atoms with Crippen molar-refractivity contribution in [1.29, 1.82) is 0 Å². The van der Waals surface area contributed by atoms with E-state index in [4.69, 9.17) is 9.47 Å². The van der Waals surface area contributed by atoms with Gasteiger partial charge in [0.2, 0.25) is 0 Å². The molecule has 2 saturated heterocycles. The van der Waals surface area contributed by atoms with E-state index in [-0.39, 0.29) is 30.1 Å². The maximum atomic E-state index is 12.5.